The van der Waals surface area contributed by atoms with Crippen molar-refractivity contribution in [2.24, 2.45) is 0 Å². The van der Waals surface area contributed by atoms with E-state index in [1.807, 2.05) is 30.3 Å². The molecule has 2 aromatic rings. The van der Waals surface area contributed by atoms with Crippen molar-refractivity contribution in [3.8, 4) is 11.3 Å². The molecule has 21 heavy (non-hydrogen) atoms. The van der Waals surface area contributed by atoms with Crippen molar-refractivity contribution in [1.29, 1.82) is 0 Å². The molecule has 0 unspecified atom stereocenters. The summed E-state index contributed by atoms with van der Waals surface area (Å²) in [5.74, 6) is -0.384. The summed E-state index contributed by atoms with van der Waals surface area (Å²) in [7, 11) is 0. The molecule has 2 heterocycles. The highest BCUT2D eigenvalue weighted by Gasteiger charge is 2.36. The highest BCUT2D eigenvalue weighted by atomic mass is 19.1. The summed E-state index contributed by atoms with van der Waals surface area (Å²) in [6.45, 7) is -0.280. The maximum absolute atomic E-state index is 13.4. The van der Waals surface area contributed by atoms with E-state index in [0.717, 1.165) is 5.56 Å². The van der Waals surface area contributed by atoms with Crippen LogP contribution >= 0.6 is 0 Å². The minimum absolute atomic E-state index is 0.0224. The molecule has 0 radical (unpaired) electrons. The first kappa shape index (κ1) is 13.8. The van der Waals surface area contributed by atoms with Gasteiger partial charge < -0.3 is 14.5 Å². The molecule has 1 saturated heterocycles. The Hall–Kier alpha value is -2.21. The van der Waals surface area contributed by atoms with Crippen LogP contribution in [0.1, 0.15) is 17.0 Å². The Bertz CT molecular complexity index is 629. The van der Waals surface area contributed by atoms with Crippen LogP contribution in [-0.2, 0) is 0 Å². The van der Waals surface area contributed by atoms with Crippen molar-refractivity contribution in [2.75, 3.05) is 13.2 Å². The maximum Gasteiger partial charge on any atom is 0.292 e. The van der Waals surface area contributed by atoms with E-state index in [-0.39, 0.29) is 25.3 Å². The molecule has 1 fully saturated rings. The van der Waals surface area contributed by atoms with Crippen LogP contribution in [-0.4, -0.2) is 46.4 Å². The number of rotatable bonds is 3. The van der Waals surface area contributed by atoms with Crippen molar-refractivity contribution in [2.45, 2.75) is 18.6 Å². The minimum Gasteiger partial charge on any atom is -0.394 e. The van der Waals surface area contributed by atoms with Crippen LogP contribution in [0.2, 0.25) is 0 Å². The largest absolute Gasteiger partial charge is 0.394 e. The highest BCUT2D eigenvalue weighted by molar-refractivity contribution is 5.92. The number of carbonyl (C=O) groups excluding carboxylic acids is 1. The summed E-state index contributed by atoms with van der Waals surface area (Å²) >= 11 is 0. The number of amides is 1. The number of aliphatic hydroxyl groups excluding tert-OH is 1. The summed E-state index contributed by atoms with van der Waals surface area (Å²) in [4.78, 5) is 13.6. The fraction of sp³-hybridized carbons (Fsp3) is 0.333. The second kappa shape index (κ2) is 5.65. The Kier molecular flexibility index (Phi) is 3.70. The van der Waals surface area contributed by atoms with Gasteiger partial charge in [0, 0.05) is 18.1 Å². The monoisotopic (exact) mass is 290 g/mol. The van der Waals surface area contributed by atoms with E-state index in [0.29, 0.717) is 5.69 Å². The number of aromatic nitrogens is 1. The van der Waals surface area contributed by atoms with E-state index in [1.165, 1.54) is 11.0 Å². The van der Waals surface area contributed by atoms with E-state index < -0.39 is 18.1 Å². The van der Waals surface area contributed by atoms with Crippen molar-refractivity contribution in [1.82, 2.24) is 10.1 Å². The van der Waals surface area contributed by atoms with Gasteiger partial charge in [-0.2, -0.15) is 0 Å². The standard InChI is InChI=1S/C15H15FN2O3/c16-11-6-12(9-19)18(8-11)15(20)14-7-13(17-21-14)10-4-2-1-3-5-10/h1-5,7,11-12,19H,6,8-9H2/t11-,12-/m0/s1. The lowest BCUT2D eigenvalue weighted by Crippen LogP contribution is -2.37. The summed E-state index contributed by atoms with van der Waals surface area (Å²) in [6.07, 6.45) is -0.954. The van der Waals surface area contributed by atoms with Gasteiger partial charge in [-0.3, -0.25) is 4.79 Å². The van der Waals surface area contributed by atoms with Gasteiger partial charge in [0.1, 0.15) is 11.9 Å². The molecule has 0 bridgehead atoms. The summed E-state index contributed by atoms with van der Waals surface area (Å²) in [5, 5.41) is 13.1. The van der Waals surface area contributed by atoms with Gasteiger partial charge in [0.25, 0.3) is 5.91 Å². The fourth-order valence-corrected chi connectivity index (χ4v) is 2.54. The fourth-order valence-electron chi connectivity index (χ4n) is 2.54. The molecule has 1 aromatic carbocycles. The summed E-state index contributed by atoms with van der Waals surface area (Å²) < 4.78 is 18.5. The minimum atomic E-state index is -1.11. The first-order valence-corrected chi connectivity index (χ1v) is 6.77. The molecule has 0 aliphatic carbocycles. The summed E-state index contributed by atoms with van der Waals surface area (Å²) in [6, 6.07) is 10.4. The Morgan fingerprint density at radius 3 is 2.90 bits per heavy atom. The molecular formula is C15H15FN2O3. The second-order valence-electron chi connectivity index (χ2n) is 5.07. The molecule has 1 amide bonds. The van der Waals surface area contributed by atoms with Crippen molar-refractivity contribution >= 4 is 5.91 Å². The van der Waals surface area contributed by atoms with Crippen molar-refractivity contribution < 1.29 is 18.8 Å². The van der Waals surface area contributed by atoms with Crippen LogP contribution < -0.4 is 0 Å². The molecule has 1 N–H and O–H groups in total. The SMILES string of the molecule is O=C(c1cc(-c2ccccc2)no1)N1C[C@@H](F)C[C@H]1CO. The van der Waals surface area contributed by atoms with Crippen LogP contribution in [0, 0.1) is 0 Å². The van der Waals surface area contributed by atoms with Gasteiger partial charge in [-0.15, -0.1) is 0 Å². The van der Waals surface area contributed by atoms with Crippen LogP contribution in [0.4, 0.5) is 4.39 Å². The molecule has 110 valence electrons. The Morgan fingerprint density at radius 1 is 1.43 bits per heavy atom. The number of alkyl halides is 1. The topological polar surface area (TPSA) is 66.6 Å². The Morgan fingerprint density at radius 2 is 2.19 bits per heavy atom. The lowest BCUT2D eigenvalue weighted by atomic mass is 10.1. The van der Waals surface area contributed by atoms with Crippen LogP contribution in [0.15, 0.2) is 40.9 Å². The van der Waals surface area contributed by atoms with E-state index in [2.05, 4.69) is 5.16 Å². The zero-order valence-corrected chi connectivity index (χ0v) is 11.3. The molecule has 0 spiro atoms. The van der Waals surface area contributed by atoms with Crippen LogP contribution in [0.5, 0.6) is 0 Å². The highest BCUT2D eigenvalue weighted by Crippen LogP contribution is 2.24. The van der Waals surface area contributed by atoms with Crippen molar-refractivity contribution in [3.63, 3.8) is 0 Å². The lowest BCUT2D eigenvalue weighted by molar-refractivity contribution is 0.0632. The maximum atomic E-state index is 13.4. The quantitative estimate of drug-likeness (QED) is 0.937. The van der Waals surface area contributed by atoms with Gasteiger partial charge in [-0.25, -0.2) is 4.39 Å². The molecule has 1 aromatic heterocycles. The van der Waals surface area contributed by atoms with Gasteiger partial charge in [-0.05, 0) is 0 Å². The number of halogens is 1. The van der Waals surface area contributed by atoms with E-state index in [4.69, 9.17) is 4.52 Å². The Balaban J connectivity index is 1.81. The van der Waals surface area contributed by atoms with Gasteiger partial charge in [0.2, 0.25) is 5.76 Å². The van der Waals surface area contributed by atoms with E-state index >= 15 is 0 Å². The molecule has 3 rings (SSSR count). The first-order chi connectivity index (χ1) is 10.2. The van der Waals surface area contributed by atoms with E-state index in [1.54, 1.807) is 0 Å². The predicted molar refractivity (Wildman–Crippen MR) is 73.4 cm³/mol. The first-order valence-electron chi connectivity index (χ1n) is 6.77. The number of nitrogens with zero attached hydrogens (tertiary/aromatic N) is 2. The van der Waals surface area contributed by atoms with Gasteiger partial charge >= 0.3 is 0 Å². The number of benzene rings is 1. The molecule has 5 nitrogen and oxygen atoms in total. The molecular weight excluding hydrogens is 275 g/mol. The van der Waals surface area contributed by atoms with E-state index in [9.17, 15) is 14.3 Å². The molecule has 0 saturated carbocycles. The van der Waals surface area contributed by atoms with Gasteiger partial charge in [0.05, 0.1) is 19.2 Å². The van der Waals surface area contributed by atoms with Gasteiger partial charge in [0.15, 0.2) is 0 Å². The average Bonchev–Trinajstić information content (AvgIpc) is 3.14. The van der Waals surface area contributed by atoms with Gasteiger partial charge in [-0.1, -0.05) is 35.5 Å². The number of hydrogen-bond acceptors (Lipinski definition) is 4. The second-order valence-corrected chi connectivity index (χ2v) is 5.07. The zero-order valence-electron chi connectivity index (χ0n) is 11.3. The predicted octanol–water partition coefficient (Wildman–Crippen LogP) is 1.89. The molecule has 2 atom stereocenters. The molecule has 1 aliphatic rings. The van der Waals surface area contributed by atoms with Crippen LogP contribution in [0.25, 0.3) is 11.3 Å². The normalized spacial score (nSPS) is 21.7. The third kappa shape index (κ3) is 2.67. The lowest BCUT2D eigenvalue weighted by Gasteiger charge is -2.20. The molecule has 6 heteroatoms. The molecule has 1 aliphatic heterocycles. The third-order valence-electron chi connectivity index (χ3n) is 3.63. The summed E-state index contributed by atoms with van der Waals surface area (Å²) in [5.41, 5.74) is 1.39. The van der Waals surface area contributed by atoms with Crippen LogP contribution in [0.3, 0.4) is 0 Å². The average molecular weight is 290 g/mol. The number of aliphatic hydroxyl groups is 1. The smallest absolute Gasteiger partial charge is 0.292 e. The third-order valence-corrected chi connectivity index (χ3v) is 3.63. The number of likely N-dealkylation sites (tertiary alicyclic amines) is 1. The number of hydrogen-bond donors (Lipinski definition) is 1. The number of carbonyl (C=O) groups is 1. The zero-order chi connectivity index (χ0) is 14.8. The van der Waals surface area contributed by atoms with Crippen molar-refractivity contribution in [3.05, 3.63) is 42.2 Å². The Labute approximate surface area is 121 Å².